The summed E-state index contributed by atoms with van der Waals surface area (Å²) in [5, 5.41) is 2.14. The zero-order chi connectivity index (χ0) is 9.42. The van der Waals surface area contributed by atoms with Crippen LogP contribution in [0.2, 0.25) is 0 Å². The number of rotatable bonds is 1. The molecule has 0 atom stereocenters. The normalized spacial score (nSPS) is 10.7. The second-order valence-corrected chi connectivity index (χ2v) is 4.58. The van der Waals surface area contributed by atoms with Crippen LogP contribution in [0.15, 0.2) is 17.5 Å². The van der Waals surface area contributed by atoms with Gasteiger partial charge in [0.25, 0.3) is 0 Å². The largest absolute Gasteiger partial charge is 0.494 e. The maximum absolute atomic E-state index is 13.1. The minimum atomic E-state index is -0.172. The van der Waals surface area contributed by atoms with Gasteiger partial charge in [-0.25, -0.2) is 4.39 Å². The predicted molar refractivity (Wildman–Crippen MR) is 61.1 cm³/mol. The van der Waals surface area contributed by atoms with E-state index in [1.807, 2.05) is 6.07 Å². The van der Waals surface area contributed by atoms with E-state index in [-0.39, 0.29) is 5.82 Å². The maximum atomic E-state index is 13.1. The lowest BCUT2D eigenvalue weighted by Crippen LogP contribution is -1.86. The number of halogens is 2. The highest BCUT2D eigenvalue weighted by molar-refractivity contribution is 14.1. The van der Waals surface area contributed by atoms with E-state index in [0.717, 1.165) is 14.0 Å². The molecule has 1 aromatic carbocycles. The van der Waals surface area contributed by atoms with Crippen molar-refractivity contribution in [3.05, 3.63) is 26.9 Å². The molecule has 0 amide bonds. The summed E-state index contributed by atoms with van der Waals surface area (Å²) in [6.45, 7) is 0. The molecule has 0 fully saturated rings. The van der Waals surface area contributed by atoms with Crippen molar-refractivity contribution in [2.75, 3.05) is 7.11 Å². The molecule has 68 valence electrons. The Bertz CT molecular complexity index is 452. The van der Waals surface area contributed by atoms with Gasteiger partial charge in [-0.2, -0.15) is 0 Å². The molecule has 2 aromatic rings. The molecule has 2 rings (SSSR count). The Morgan fingerprint density at radius 3 is 2.92 bits per heavy atom. The summed E-state index contributed by atoms with van der Waals surface area (Å²) in [6.07, 6.45) is 0. The molecule has 0 spiro atoms. The predicted octanol–water partition coefficient (Wildman–Crippen LogP) is 3.65. The van der Waals surface area contributed by atoms with Crippen molar-refractivity contribution in [3.8, 4) is 5.75 Å². The van der Waals surface area contributed by atoms with E-state index < -0.39 is 0 Å². The molecular weight excluding hydrogens is 302 g/mol. The van der Waals surface area contributed by atoms with Crippen molar-refractivity contribution in [3.63, 3.8) is 0 Å². The molecular formula is C9H6FIOS. The Morgan fingerprint density at radius 1 is 1.46 bits per heavy atom. The third kappa shape index (κ3) is 1.42. The quantitative estimate of drug-likeness (QED) is 0.731. The first kappa shape index (κ1) is 9.21. The average molecular weight is 308 g/mol. The Balaban J connectivity index is 2.85. The van der Waals surface area contributed by atoms with Gasteiger partial charge < -0.3 is 4.74 Å². The first-order valence-corrected chi connectivity index (χ1v) is 5.59. The van der Waals surface area contributed by atoms with Crippen LogP contribution in [-0.2, 0) is 0 Å². The summed E-state index contributed by atoms with van der Waals surface area (Å²) >= 11 is 3.55. The Labute approximate surface area is 92.7 Å². The first-order valence-electron chi connectivity index (χ1n) is 3.63. The monoisotopic (exact) mass is 308 g/mol. The fraction of sp³-hybridized carbons (Fsp3) is 0.111. The summed E-state index contributed by atoms with van der Waals surface area (Å²) in [4.78, 5) is 0. The average Bonchev–Trinajstić information content (AvgIpc) is 2.48. The van der Waals surface area contributed by atoms with Crippen molar-refractivity contribution in [2.24, 2.45) is 0 Å². The molecule has 1 nitrogen and oxygen atoms in total. The lowest BCUT2D eigenvalue weighted by Gasteiger charge is -2.03. The molecule has 0 radical (unpaired) electrons. The fourth-order valence-electron chi connectivity index (χ4n) is 1.21. The van der Waals surface area contributed by atoms with Gasteiger partial charge in [0.05, 0.1) is 15.4 Å². The van der Waals surface area contributed by atoms with Crippen LogP contribution in [0.1, 0.15) is 0 Å². The highest BCUT2D eigenvalue weighted by Crippen LogP contribution is 2.36. The lowest BCUT2D eigenvalue weighted by atomic mass is 10.2. The number of hydrogen-bond acceptors (Lipinski definition) is 2. The molecule has 0 saturated carbocycles. The van der Waals surface area contributed by atoms with Crippen LogP contribution in [0.5, 0.6) is 5.75 Å². The number of benzene rings is 1. The van der Waals surface area contributed by atoms with Gasteiger partial charge in [-0.3, -0.25) is 0 Å². The third-order valence-electron chi connectivity index (χ3n) is 1.81. The van der Waals surface area contributed by atoms with Crippen molar-refractivity contribution >= 4 is 44.0 Å². The van der Waals surface area contributed by atoms with Crippen molar-refractivity contribution in [1.29, 1.82) is 0 Å². The highest BCUT2D eigenvalue weighted by atomic mass is 127. The van der Waals surface area contributed by atoms with Crippen molar-refractivity contribution in [1.82, 2.24) is 0 Å². The second kappa shape index (κ2) is 3.42. The van der Waals surface area contributed by atoms with E-state index in [9.17, 15) is 4.39 Å². The van der Waals surface area contributed by atoms with Gasteiger partial charge in [-0.05, 0) is 34.7 Å². The van der Waals surface area contributed by atoms with Gasteiger partial charge in [0.1, 0.15) is 11.6 Å². The van der Waals surface area contributed by atoms with Crippen molar-refractivity contribution in [2.45, 2.75) is 0 Å². The topological polar surface area (TPSA) is 9.23 Å². The SMILES string of the molecule is COc1c(I)ccc2c(F)csc12. The fourth-order valence-corrected chi connectivity index (χ4v) is 3.00. The molecule has 1 aromatic heterocycles. The summed E-state index contributed by atoms with van der Waals surface area (Å²) in [7, 11) is 1.61. The van der Waals surface area contributed by atoms with E-state index in [1.165, 1.54) is 16.7 Å². The maximum Gasteiger partial charge on any atom is 0.150 e. The number of thiophene rings is 1. The smallest absolute Gasteiger partial charge is 0.150 e. The van der Waals surface area contributed by atoms with Crippen LogP contribution in [0.4, 0.5) is 4.39 Å². The Kier molecular flexibility index (Phi) is 2.42. The molecule has 0 aliphatic rings. The molecule has 0 N–H and O–H groups in total. The standard InChI is InChI=1S/C9H6FIOS/c1-12-8-7(11)3-2-5-6(10)4-13-9(5)8/h2-4H,1H3. The van der Waals surface area contributed by atoms with Crippen LogP contribution in [0, 0.1) is 9.39 Å². The van der Waals surface area contributed by atoms with Crippen LogP contribution in [0.25, 0.3) is 10.1 Å². The van der Waals surface area contributed by atoms with Crippen LogP contribution >= 0.6 is 33.9 Å². The molecule has 13 heavy (non-hydrogen) atoms. The van der Waals surface area contributed by atoms with Gasteiger partial charge in [-0.1, -0.05) is 0 Å². The number of ether oxygens (including phenoxy) is 1. The van der Waals surface area contributed by atoms with E-state index in [4.69, 9.17) is 4.74 Å². The minimum Gasteiger partial charge on any atom is -0.494 e. The van der Waals surface area contributed by atoms with Crippen LogP contribution in [0.3, 0.4) is 0 Å². The van der Waals surface area contributed by atoms with E-state index in [0.29, 0.717) is 5.39 Å². The van der Waals surface area contributed by atoms with Crippen LogP contribution in [-0.4, -0.2) is 7.11 Å². The van der Waals surface area contributed by atoms with E-state index in [2.05, 4.69) is 22.6 Å². The number of fused-ring (bicyclic) bond motifs is 1. The Morgan fingerprint density at radius 2 is 2.23 bits per heavy atom. The molecule has 0 aliphatic heterocycles. The molecule has 0 bridgehead atoms. The third-order valence-corrected chi connectivity index (χ3v) is 3.62. The first-order chi connectivity index (χ1) is 6.24. The summed E-state index contributed by atoms with van der Waals surface area (Å²) in [5.74, 6) is 0.599. The van der Waals surface area contributed by atoms with Crippen molar-refractivity contribution < 1.29 is 9.13 Å². The summed E-state index contributed by atoms with van der Waals surface area (Å²) in [6, 6.07) is 3.64. The second-order valence-electron chi connectivity index (χ2n) is 2.54. The molecule has 4 heteroatoms. The zero-order valence-electron chi connectivity index (χ0n) is 6.80. The number of methoxy groups -OCH3 is 1. The van der Waals surface area contributed by atoms with Gasteiger partial charge in [0.2, 0.25) is 0 Å². The summed E-state index contributed by atoms with van der Waals surface area (Å²) < 4.78 is 20.2. The van der Waals surface area contributed by atoms with Gasteiger partial charge >= 0.3 is 0 Å². The van der Waals surface area contributed by atoms with Gasteiger partial charge in [-0.15, -0.1) is 11.3 Å². The van der Waals surface area contributed by atoms with E-state index in [1.54, 1.807) is 13.2 Å². The Hall–Kier alpha value is -0.360. The van der Waals surface area contributed by atoms with Gasteiger partial charge in [0.15, 0.2) is 0 Å². The zero-order valence-corrected chi connectivity index (χ0v) is 9.78. The van der Waals surface area contributed by atoms with Gasteiger partial charge in [0, 0.05) is 10.8 Å². The minimum absolute atomic E-state index is 0.172. The van der Waals surface area contributed by atoms with Crippen LogP contribution < -0.4 is 4.74 Å². The molecule has 1 heterocycles. The highest BCUT2D eigenvalue weighted by Gasteiger charge is 2.10. The number of hydrogen-bond donors (Lipinski definition) is 0. The molecule has 0 aliphatic carbocycles. The van der Waals surface area contributed by atoms with E-state index >= 15 is 0 Å². The lowest BCUT2D eigenvalue weighted by molar-refractivity contribution is 0.417. The molecule has 0 unspecified atom stereocenters. The summed E-state index contributed by atoms with van der Waals surface area (Å²) in [5.41, 5.74) is 0. The molecule has 0 saturated heterocycles.